The molecule has 1 aromatic rings. The minimum Gasteiger partial charge on any atom is -0.473 e. The van der Waals surface area contributed by atoms with Crippen LogP contribution in [0.25, 0.3) is 0 Å². The van der Waals surface area contributed by atoms with Gasteiger partial charge >= 0.3 is 23.9 Å². The minimum atomic E-state index is -1.82. The Morgan fingerprint density at radius 3 is 1.36 bits per heavy atom. The van der Waals surface area contributed by atoms with Crippen LogP contribution in [-0.4, -0.2) is 60.0 Å². The number of aliphatic carboxylic acids is 4. The lowest BCUT2D eigenvalue weighted by molar-refractivity contribution is -0.159. The predicted molar refractivity (Wildman–Crippen MR) is 70.1 cm³/mol. The zero-order chi connectivity index (χ0) is 17.2. The lowest BCUT2D eigenvalue weighted by Gasteiger charge is -1.91. The van der Waals surface area contributed by atoms with Crippen molar-refractivity contribution in [3.63, 3.8) is 0 Å². The highest BCUT2D eigenvalue weighted by Gasteiger charge is 2.04. The summed E-state index contributed by atoms with van der Waals surface area (Å²) < 4.78 is 0. The van der Waals surface area contributed by atoms with Crippen molar-refractivity contribution in [2.24, 2.45) is 5.73 Å². The fraction of sp³-hybridized carbons (Fsp3) is 0.300. The van der Waals surface area contributed by atoms with Crippen LogP contribution < -0.4 is 5.73 Å². The first kappa shape index (κ1) is 24.1. The Morgan fingerprint density at radius 2 is 1.27 bits per heavy atom. The van der Waals surface area contributed by atoms with Gasteiger partial charge in [0.05, 0.1) is 5.69 Å². The number of aryl methyl sites for hydroxylation is 2. The summed E-state index contributed by atoms with van der Waals surface area (Å²) >= 11 is 0. The molecule has 22 heavy (non-hydrogen) atoms. The molecule has 0 bridgehead atoms. The summed E-state index contributed by atoms with van der Waals surface area (Å²) in [6.07, 6.45) is 0. The third-order valence-corrected chi connectivity index (χ3v) is 1.85. The van der Waals surface area contributed by atoms with Crippen molar-refractivity contribution in [3.8, 4) is 0 Å². The normalized spacial score (nSPS) is 8.14. The molecule has 0 amide bonds. The number of aromatic amines is 1. The van der Waals surface area contributed by atoms with Crippen LogP contribution in [0.1, 0.15) is 17.0 Å². The Bertz CT molecular complexity index is 456. The van der Waals surface area contributed by atoms with Crippen LogP contribution in [0.15, 0.2) is 0 Å². The van der Waals surface area contributed by atoms with Gasteiger partial charge in [-0.3, -0.25) is 5.10 Å². The van der Waals surface area contributed by atoms with E-state index in [4.69, 9.17) is 45.3 Å². The molecule has 0 unspecified atom stereocenters. The van der Waals surface area contributed by atoms with Gasteiger partial charge in [0.25, 0.3) is 0 Å². The van der Waals surface area contributed by atoms with Crippen LogP contribution in [-0.2, 0) is 25.7 Å². The van der Waals surface area contributed by atoms with Gasteiger partial charge in [-0.05, 0) is 13.8 Å². The van der Waals surface area contributed by atoms with E-state index in [0.29, 0.717) is 6.54 Å². The van der Waals surface area contributed by atoms with Crippen molar-refractivity contribution in [1.82, 2.24) is 10.2 Å². The first-order valence-corrected chi connectivity index (χ1v) is 5.17. The van der Waals surface area contributed by atoms with E-state index in [2.05, 4.69) is 10.2 Å². The Morgan fingerprint density at radius 1 is 0.955 bits per heavy atom. The van der Waals surface area contributed by atoms with E-state index in [0.717, 1.165) is 17.0 Å². The number of carboxylic acids is 4. The van der Waals surface area contributed by atoms with Crippen molar-refractivity contribution in [2.75, 3.05) is 0 Å². The summed E-state index contributed by atoms with van der Waals surface area (Å²) in [5, 5.41) is 36.4. The van der Waals surface area contributed by atoms with E-state index in [1.807, 2.05) is 13.8 Å². The molecule has 1 aromatic heterocycles. The van der Waals surface area contributed by atoms with Crippen molar-refractivity contribution in [2.45, 2.75) is 20.4 Å². The highest BCUT2D eigenvalue weighted by molar-refractivity contribution is 6.27. The topological polar surface area (TPSA) is 235 Å². The van der Waals surface area contributed by atoms with E-state index in [1.165, 1.54) is 0 Å². The van der Waals surface area contributed by atoms with Crippen molar-refractivity contribution in [1.29, 1.82) is 0 Å². The monoisotopic (exact) mass is 323 g/mol. The molecule has 1 rings (SSSR count). The molecule has 0 fully saturated rings. The number of nitrogens with two attached hydrogens (primary N) is 1. The quantitative estimate of drug-likeness (QED) is 0.310. The van der Waals surface area contributed by atoms with Crippen LogP contribution >= 0.6 is 0 Å². The molecule has 1 heterocycles. The summed E-state index contributed by atoms with van der Waals surface area (Å²) in [6, 6.07) is 0. The number of nitrogens with zero attached hydrogens (tertiary/aromatic N) is 1. The van der Waals surface area contributed by atoms with Gasteiger partial charge in [0.1, 0.15) is 0 Å². The summed E-state index contributed by atoms with van der Waals surface area (Å²) in [5.74, 6) is -7.30. The number of rotatable bonds is 1. The smallest absolute Gasteiger partial charge is 0.414 e. The fourth-order valence-electron chi connectivity index (χ4n) is 0.875. The van der Waals surface area contributed by atoms with Crippen molar-refractivity contribution < 1.29 is 45.1 Å². The molecule has 0 aromatic carbocycles. The van der Waals surface area contributed by atoms with Gasteiger partial charge in [0.2, 0.25) is 0 Å². The Balaban J connectivity index is -0.000000250. The second kappa shape index (κ2) is 11.8. The molecule has 0 spiro atoms. The van der Waals surface area contributed by atoms with E-state index in [-0.39, 0.29) is 5.48 Å². The molecule has 0 saturated carbocycles. The van der Waals surface area contributed by atoms with E-state index in [9.17, 15) is 0 Å². The van der Waals surface area contributed by atoms with Crippen LogP contribution in [0.5, 0.6) is 0 Å². The SMILES string of the molecule is Cc1n[nH]c(C)c1CN.O.O=C(O)C(=O)O.O=C(O)C(=O)O. The van der Waals surface area contributed by atoms with Crippen LogP contribution in [0.2, 0.25) is 0 Å². The number of carboxylic acid groups (broad SMARTS) is 4. The number of H-pyrrole nitrogens is 1. The number of hydrogen-bond donors (Lipinski definition) is 6. The molecule has 0 aliphatic rings. The standard InChI is InChI=1S/C6H11N3.2C2H2O4.H2O/c1-4-6(3-7)5(2)9-8-4;2*3-1(4)2(5)6;/h3,7H2,1-2H3,(H,8,9);2*(H,3,4)(H,5,6);1H2. The zero-order valence-corrected chi connectivity index (χ0v) is 11.7. The third-order valence-electron chi connectivity index (χ3n) is 1.85. The Hall–Kier alpha value is -2.99. The highest BCUT2D eigenvalue weighted by atomic mass is 16.4. The Kier molecular flexibility index (Phi) is 12.9. The molecular formula is C10H17N3O9. The summed E-state index contributed by atoms with van der Waals surface area (Å²) in [4.78, 5) is 36.4. The minimum absolute atomic E-state index is 0. The number of carbonyl (C=O) groups is 4. The summed E-state index contributed by atoms with van der Waals surface area (Å²) in [7, 11) is 0. The average molecular weight is 323 g/mol. The molecule has 126 valence electrons. The molecule has 0 aliphatic heterocycles. The fourth-order valence-corrected chi connectivity index (χ4v) is 0.875. The van der Waals surface area contributed by atoms with Crippen LogP contribution in [0, 0.1) is 13.8 Å². The van der Waals surface area contributed by atoms with Gasteiger partial charge in [-0.2, -0.15) is 5.10 Å². The second-order valence-electron chi connectivity index (χ2n) is 3.34. The van der Waals surface area contributed by atoms with Gasteiger partial charge in [-0.15, -0.1) is 0 Å². The van der Waals surface area contributed by atoms with E-state index in [1.54, 1.807) is 0 Å². The van der Waals surface area contributed by atoms with Crippen molar-refractivity contribution >= 4 is 23.9 Å². The summed E-state index contributed by atoms with van der Waals surface area (Å²) in [6.45, 7) is 4.50. The second-order valence-corrected chi connectivity index (χ2v) is 3.34. The number of aromatic nitrogens is 2. The number of hydrogen-bond acceptors (Lipinski definition) is 6. The van der Waals surface area contributed by atoms with Crippen LogP contribution in [0.4, 0.5) is 0 Å². The molecule has 9 N–H and O–H groups in total. The predicted octanol–water partition coefficient (Wildman–Crippen LogP) is -2.03. The summed E-state index contributed by atoms with van der Waals surface area (Å²) in [5.41, 5.74) is 8.66. The molecular weight excluding hydrogens is 306 g/mol. The average Bonchev–Trinajstić information content (AvgIpc) is 2.69. The van der Waals surface area contributed by atoms with Crippen LogP contribution in [0.3, 0.4) is 0 Å². The van der Waals surface area contributed by atoms with Crippen molar-refractivity contribution in [3.05, 3.63) is 17.0 Å². The van der Waals surface area contributed by atoms with Gasteiger partial charge in [-0.1, -0.05) is 0 Å². The molecule has 0 saturated heterocycles. The largest absolute Gasteiger partial charge is 0.473 e. The first-order chi connectivity index (χ1) is 9.54. The van der Waals surface area contributed by atoms with Gasteiger partial charge in [0.15, 0.2) is 0 Å². The maximum atomic E-state index is 9.10. The molecule has 0 aliphatic carbocycles. The Labute approximate surface area is 123 Å². The third kappa shape index (κ3) is 10.9. The maximum absolute atomic E-state index is 9.10. The lowest BCUT2D eigenvalue weighted by atomic mass is 10.2. The van der Waals surface area contributed by atoms with Gasteiger partial charge < -0.3 is 31.6 Å². The highest BCUT2D eigenvalue weighted by Crippen LogP contribution is 2.06. The molecule has 0 atom stereocenters. The van der Waals surface area contributed by atoms with Gasteiger partial charge in [0, 0.05) is 17.8 Å². The van der Waals surface area contributed by atoms with E-state index >= 15 is 0 Å². The lowest BCUT2D eigenvalue weighted by Crippen LogP contribution is -2.09. The molecule has 0 radical (unpaired) electrons. The first-order valence-electron chi connectivity index (χ1n) is 5.17. The maximum Gasteiger partial charge on any atom is 0.414 e. The molecule has 12 nitrogen and oxygen atoms in total. The number of nitrogens with one attached hydrogen (secondary N) is 1. The molecule has 12 heteroatoms. The zero-order valence-electron chi connectivity index (χ0n) is 11.7. The van der Waals surface area contributed by atoms with Gasteiger partial charge in [-0.25, -0.2) is 19.2 Å². The van der Waals surface area contributed by atoms with E-state index < -0.39 is 23.9 Å².